The highest BCUT2D eigenvalue weighted by atomic mass is 127. The second kappa shape index (κ2) is 3.31. The first kappa shape index (κ1) is 9.02. The van der Waals surface area contributed by atoms with Gasteiger partial charge in [-0.1, -0.05) is 11.6 Å². The third kappa shape index (κ3) is 1.46. The van der Waals surface area contributed by atoms with Crippen molar-refractivity contribution in [2.24, 2.45) is 0 Å². The molecule has 0 aliphatic heterocycles. The van der Waals surface area contributed by atoms with Crippen molar-refractivity contribution >= 4 is 50.8 Å². The Hall–Kier alpha value is -0.550. The molecule has 0 aliphatic carbocycles. The molecule has 0 spiro atoms. The van der Waals surface area contributed by atoms with Crippen LogP contribution < -0.4 is 5.73 Å². The summed E-state index contributed by atoms with van der Waals surface area (Å²) in [5, 5.41) is 1.58. The number of fused-ring (bicyclic) bond motifs is 1. The Morgan fingerprint density at radius 2 is 2.08 bits per heavy atom. The maximum Gasteiger partial charge on any atom is 0.0919 e. The quantitative estimate of drug-likeness (QED) is 0.760. The zero-order valence-electron chi connectivity index (χ0n) is 6.59. The molecule has 0 amide bonds. The van der Waals surface area contributed by atoms with Gasteiger partial charge in [0.1, 0.15) is 0 Å². The lowest BCUT2D eigenvalue weighted by Gasteiger charge is -2.04. The average molecular weight is 305 g/mol. The first-order valence-electron chi connectivity index (χ1n) is 3.68. The molecule has 0 atom stereocenters. The number of hydrogen-bond donors (Lipinski definition) is 1. The first-order valence-corrected chi connectivity index (χ1v) is 5.14. The van der Waals surface area contributed by atoms with Gasteiger partial charge < -0.3 is 5.73 Å². The van der Waals surface area contributed by atoms with Crippen molar-refractivity contribution in [3.63, 3.8) is 0 Å². The molecule has 4 heteroatoms. The van der Waals surface area contributed by atoms with Crippen molar-refractivity contribution in [1.29, 1.82) is 0 Å². The van der Waals surface area contributed by atoms with Crippen molar-refractivity contribution in [3.05, 3.63) is 33.0 Å². The van der Waals surface area contributed by atoms with Gasteiger partial charge in [0.25, 0.3) is 0 Å². The lowest BCUT2D eigenvalue weighted by molar-refractivity contribution is 1.41. The van der Waals surface area contributed by atoms with Gasteiger partial charge in [-0.15, -0.1) is 0 Å². The van der Waals surface area contributed by atoms with Gasteiger partial charge in [0.05, 0.1) is 10.5 Å². The number of rotatable bonds is 0. The van der Waals surface area contributed by atoms with Crippen LogP contribution in [0.4, 0.5) is 5.69 Å². The number of aromatic nitrogens is 1. The summed E-state index contributed by atoms with van der Waals surface area (Å²) in [4.78, 5) is 4.19. The maximum absolute atomic E-state index is 5.98. The highest BCUT2D eigenvalue weighted by Crippen LogP contribution is 2.29. The van der Waals surface area contributed by atoms with E-state index in [1.807, 2.05) is 12.1 Å². The predicted octanol–water partition coefficient (Wildman–Crippen LogP) is 3.08. The van der Waals surface area contributed by atoms with E-state index in [4.69, 9.17) is 17.3 Å². The van der Waals surface area contributed by atoms with Crippen molar-refractivity contribution in [2.45, 2.75) is 0 Å². The molecule has 0 fully saturated rings. The topological polar surface area (TPSA) is 38.9 Å². The molecule has 2 rings (SSSR count). The van der Waals surface area contributed by atoms with E-state index in [1.54, 1.807) is 12.3 Å². The monoisotopic (exact) mass is 304 g/mol. The van der Waals surface area contributed by atoms with Crippen LogP contribution >= 0.6 is 34.2 Å². The van der Waals surface area contributed by atoms with Crippen LogP contribution in [0.1, 0.15) is 0 Å². The number of pyridine rings is 1. The summed E-state index contributed by atoms with van der Waals surface area (Å²) in [6.45, 7) is 0. The molecule has 2 N–H and O–H groups in total. The summed E-state index contributed by atoms with van der Waals surface area (Å²) < 4.78 is 1.07. The van der Waals surface area contributed by atoms with Crippen molar-refractivity contribution in [2.75, 3.05) is 5.73 Å². The largest absolute Gasteiger partial charge is 0.398 e. The average Bonchev–Trinajstić information content (AvgIpc) is 2.12. The van der Waals surface area contributed by atoms with Crippen LogP contribution in [0.5, 0.6) is 0 Å². The minimum Gasteiger partial charge on any atom is -0.398 e. The van der Waals surface area contributed by atoms with Crippen molar-refractivity contribution < 1.29 is 0 Å². The zero-order chi connectivity index (χ0) is 9.42. The highest BCUT2D eigenvalue weighted by Gasteiger charge is 2.06. The Bertz CT molecular complexity index is 462. The van der Waals surface area contributed by atoms with Gasteiger partial charge in [-0.25, -0.2) is 0 Å². The number of nitrogens with two attached hydrogens (primary N) is 1. The molecule has 0 saturated carbocycles. The molecule has 0 saturated heterocycles. The number of nitrogens with zero attached hydrogens (tertiary/aromatic N) is 1. The molecule has 2 nitrogen and oxygen atoms in total. The Morgan fingerprint density at radius 1 is 1.31 bits per heavy atom. The van der Waals surface area contributed by atoms with Gasteiger partial charge in [0.15, 0.2) is 0 Å². The van der Waals surface area contributed by atoms with Crippen LogP contribution in [-0.4, -0.2) is 4.98 Å². The molecule has 66 valence electrons. The number of nitrogen functional groups attached to an aromatic ring is 1. The molecule has 1 aromatic heterocycles. The molecule has 0 aliphatic rings. The second-order valence-electron chi connectivity index (χ2n) is 2.65. The fourth-order valence-corrected chi connectivity index (χ4v) is 2.17. The van der Waals surface area contributed by atoms with E-state index in [1.165, 1.54) is 0 Å². The Balaban J connectivity index is 3.00. The molecule has 2 aromatic rings. The van der Waals surface area contributed by atoms with Gasteiger partial charge in [0, 0.05) is 20.8 Å². The fourth-order valence-electron chi connectivity index (χ4n) is 1.22. The highest BCUT2D eigenvalue weighted by molar-refractivity contribution is 14.1. The third-order valence-electron chi connectivity index (χ3n) is 1.82. The van der Waals surface area contributed by atoms with Crippen LogP contribution in [0.25, 0.3) is 10.9 Å². The number of anilines is 1. The van der Waals surface area contributed by atoms with Crippen LogP contribution in [-0.2, 0) is 0 Å². The van der Waals surface area contributed by atoms with E-state index in [9.17, 15) is 0 Å². The minimum absolute atomic E-state index is 0.641. The summed E-state index contributed by atoms with van der Waals surface area (Å²) in [6, 6.07) is 5.54. The number of benzene rings is 1. The van der Waals surface area contributed by atoms with Gasteiger partial charge in [-0.3, -0.25) is 4.98 Å². The number of halogens is 2. The Kier molecular flexibility index (Phi) is 2.29. The van der Waals surface area contributed by atoms with Crippen LogP contribution in [0.15, 0.2) is 24.4 Å². The SMILES string of the molecule is Nc1ccnc2c(Cl)ccc(I)c12. The van der Waals surface area contributed by atoms with E-state index >= 15 is 0 Å². The van der Waals surface area contributed by atoms with E-state index < -0.39 is 0 Å². The fraction of sp³-hybridized carbons (Fsp3) is 0. The van der Waals surface area contributed by atoms with E-state index in [2.05, 4.69) is 27.6 Å². The first-order chi connectivity index (χ1) is 6.20. The predicted molar refractivity (Wildman–Crippen MR) is 63.9 cm³/mol. The molecule has 0 radical (unpaired) electrons. The van der Waals surface area contributed by atoms with Crippen LogP contribution in [0.3, 0.4) is 0 Å². The van der Waals surface area contributed by atoms with E-state index in [0.29, 0.717) is 5.02 Å². The van der Waals surface area contributed by atoms with Crippen molar-refractivity contribution in [1.82, 2.24) is 4.98 Å². The molecule has 0 unspecified atom stereocenters. The van der Waals surface area contributed by atoms with E-state index in [-0.39, 0.29) is 0 Å². The summed E-state index contributed by atoms with van der Waals surface area (Å²) in [6.07, 6.45) is 1.67. The summed E-state index contributed by atoms with van der Waals surface area (Å²) in [5.41, 5.74) is 7.31. The maximum atomic E-state index is 5.98. The van der Waals surface area contributed by atoms with E-state index in [0.717, 1.165) is 20.2 Å². The Morgan fingerprint density at radius 3 is 2.77 bits per heavy atom. The summed E-state index contributed by atoms with van der Waals surface area (Å²) in [5.74, 6) is 0. The standard InChI is InChI=1S/C9H6ClIN2/c10-5-1-2-6(11)8-7(12)3-4-13-9(5)8/h1-4H,(H2,12,13). The zero-order valence-corrected chi connectivity index (χ0v) is 9.50. The minimum atomic E-state index is 0.641. The summed E-state index contributed by atoms with van der Waals surface area (Å²) in [7, 11) is 0. The third-order valence-corrected chi connectivity index (χ3v) is 3.03. The molecule has 1 aromatic carbocycles. The van der Waals surface area contributed by atoms with Crippen molar-refractivity contribution in [3.8, 4) is 0 Å². The molecular weight excluding hydrogens is 298 g/mol. The van der Waals surface area contributed by atoms with Crippen LogP contribution in [0.2, 0.25) is 5.02 Å². The lowest BCUT2D eigenvalue weighted by Crippen LogP contribution is -1.91. The normalized spacial score (nSPS) is 10.6. The van der Waals surface area contributed by atoms with Gasteiger partial charge in [-0.05, 0) is 40.8 Å². The smallest absolute Gasteiger partial charge is 0.0919 e. The Labute approximate surface area is 94.2 Å². The van der Waals surface area contributed by atoms with Gasteiger partial charge in [0.2, 0.25) is 0 Å². The molecular formula is C9H6ClIN2. The molecule has 0 bridgehead atoms. The molecule has 13 heavy (non-hydrogen) atoms. The molecule has 1 heterocycles. The summed E-state index contributed by atoms with van der Waals surface area (Å²) >= 11 is 8.20. The second-order valence-corrected chi connectivity index (χ2v) is 4.22. The van der Waals surface area contributed by atoms with Crippen LogP contribution in [0, 0.1) is 3.57 Å². The lowest BCUT2D eigenvalue weighted by atomic mass is 10.2. The van der Waals surface area contributed by atoms with Gasteiger partial charge >= 0.3 is 0 Å². The van der Waals surface area contributed by atoms with Gasteiger partial charge in [-0.2, -0.15) is 0 Å². The number of hydrogen-bond acceptors (Lipinski definition) is 2.